The first-order valence-corrected chi connectivity index (χ1v) is 21.5. The first-order chi connectivity index (χ1) is 31.2. The summed E-state index contributed by atoms with van der Waals surface area (Å²) in [6, 6.07) is -2.30. The van der Waals surface area contributed by atoms with E-state index in [1.807, 2.05) is 0 Å². The average Bonchev–Trinajstić information content (AvgIpc) is 3.30. The molecule has 70 heavy (non-hydrogen) atoms. The Balaban J connectivity index is 0.00000504. The molecule has 1 aliphatic carbocycles. The van der Waals surface area contributed by atoms with Crippen LogP contribution in [0.1, 0.15) is 30.1 Å². The number of rotatable bonds is 15. The molecule has 28 nitrogen and oxygen atoms in total. The van der Waals surface area contributed by atoms with Crippen LogP contribution in [0.5, 0.6) is 0 Å². The molecule has 3 radical (unpaired) electrons. The number of hydrogen-bond donors (Lipinski definition) is 19. The molecule has 5 heterocycles. The van der Waals surface area contributed by atoms with Gasteiger partial charge in [0, 0.05) is 9.84 Å². The molecule has 0 spiro atoms. The number of aliphatic hydroxyl groups excluding tert-OH is 18. The van der Waals surface area contributed by atoms with Crippen LogP contribution >= 0.6 is 0 Å². The van der Waals surface area contributed by atoms with Gasteiger partial charge in [-0.15, -0.1) is 0 Å². The quantitative estimate of drug-likeness (QED) is 0.0535. The van der Waals surface area contributed by atoms with Gasteiger partial charge in [0.05, 0.1) is 57.3 Å². The summed E-state index contributed by atoms with van der Waals surface area (Å²) in [5.41, 5.74) is -0.0162. The van der Waals surface area contributed by atoms with E-state index >= 15 is 0 Å². The summed E-state index contributed by atoms with van der Waals surface area (Å²) in [7, 11) is 0. The van der Waals surface area contributed by atoms with Crippen LogP contribution in [0.15, 0.2) is 11.6 Å². The van der Waals surface area contributed by atoms with Crippen molar-refractivity contribution < 1.29 is 141 Å². The Morgan fingerprint density at radius 2 is 0.771 bits per heavy atom. The van der Waals surface area contributed by atoms with Gasteiger partial charge in [0.15, 0.2) is 25.2 Å². The van der Waals surface area contributed by atoms with Crippen molar-refractivity contribution >= 4 is 8.41 Å². The van der Waals surface area contributed by atoms with Gasteiger partial charge in [-0.1, -0.05) is 20.9 Å². The van der Waals surface area contributed by atoms with Crippen molar-refractivity contribution in [2.24, 2.45) is 0 Å². The normalized spacial score (nSPS) is 49.8. The lowest BCUT2D eigenvalue weighted by Gasteiger charge is -2.49. The van der Waals surface area contributed by atoms with E-state index in [1.165, 1.54) is 19.9 Å². The van der Waals surface area contributed by atoms with E-state index in [2.05, 4.69) is 5.32 Å². The zero-order valence-corrected chi connectivity index (χ0v) is 36.6. The molecular formula is C40H76BFNO27. The van der Waals surface area contributed by atoms with Crippen molar-refractivity contribution in [1.82, 2.24) is 5.32 Å². The van der Waals surface area contributed by atoms with E-state index in [0.29, 0.717) is 0 Å². The molecule has 29 unspecified atom stereocenters. The second kappa shape index (κ2) is 27.4. The first kappa shape index (κ1) is 64.7. The van der Waals surface area contributed by atoms with Gasteiger partial charge in [0.1, 0.15) is 128 Å². The maximum atomic E-state index is 11.2. The molecule has 5 saturated heterocycles. The van der Waals surface area contributed by atoms with Crippen LogP contribution in [0, 0.1) is 0 Å². The van der Waals surface area contributed by atoms with Gasteiger partial charge < -0.3 is 140 Å². The van der Waals surface area contributed by atoms with Crippen molar-refractivity contribution in [3.8, 4) is 0 Å². The molecule has 6 aliphatic rings. The predicted octanol–water partition coefficient (Wildman–Crippen LogP) is -10.6. The Labute approximate surface area is 405 Å². The van der Waals surface area contributed by atoms with Gasteiger partial charge in [0.25, 0.3) is 0 Å². The third-order valence-corrected chi connectivity index (χ3v) is 13.0. The molecule has 0 aromatic heterocycles. The molecule has 6 rings (SSSR count). The van der Waals surface area contributed by atoms with E-state index < -0.39 is 211 Å². The molecule has 0 bridgehead atoms. The van der Waals surface area contributed by atoms with Crippen molar-refractivity contribution in [1.29, 1.82) is 0 Å². The maximum absolute atomic E-state index is 11.2. The smallest absolute Gasteiger partial charge is 0.187 e. The number of aliphatic hydroxyl groups is 18. The number of nitrogens with one attached hydrogen (secondary N) is 1. The largest absolute Gasteiger partial charge is 0.394 e. The number of halogens is 1. The highest BCUT2D eigenvalue weighted by atomic mass is 19.0. The molecule has 413 valence electrons. The predicted molar refractivity (Wildman–Crippen MR) is 230 cm³/mol. The lowest BCUT2D eigenvalue weighted by atomic mass is 9.86. The second-order valence-corrected chi connectivity index (χ2v) is 17.3. The highest BCUT2D eigenvalue weighted by Gasteiger charge is 2.56. The lowest BCUT2D eigenvalue weighted by molar-refractivity contribution is -0.390. The second-order valence-electron chi connectivity index (χ2n) is 17.3. The van der Waals surface area contributed by atoms with Crippen LogP contribution < -0.4 is 5.32 Å². The van der Waals surface area contributed by atoms with E-state index in [9.17, 15) is 91.9 Å². The maximum Gasteiger partial charge on any atom is 0.187 e. The standard InChI is InChI=1S/C38H65NO27.2CH4.B.FH.H2/c1-9-17(39-12-3-11(4-40)19(46)22(49)20(12)47)21(48)27(54)35(59-9)63-32-14(6-42)60-37(28(55)24(32)51)65-34-16(8-44)62-38(30(57)26(34)53)66-33-15(7-43)61-36(29(56)25(33)52)64-31-13(5-41)58-10(2)18(45)23(31)50;;;;;/h3,9-10,12-57H,4-8H2,1-2H3;2*1H4;;2*1H/i;;;;;1+1. The Morgan fingerprint density at radius 3 is 1.13 bits per heavy atom. The summed E-state index contributed by atoms with van der Waals surface area (Å²) >= 11 is 0. The summed E-state index contributed by atoms with van der Waals surface area (Å²) in [4.78, 5) is 0. The summed E-state index contributed by atoms with van der Waals surface area (Å²) in [5, 5.41) is 193. The van der Waals surface area contributed by atoms with Crippen LogP contribution in [0.4, 0.5) is 4.70 Å². The average molecular weight is 1030 g/mol. The molecule has 0 aromatic carbocycles. The zero-order valence-electron chi connectivity index (χ0n) is 36.6. The number of hydrogen-bond acceptors (Lipinski definition) is 28. The highest BCUT2D eigenvalue weighted by Crippen LogP contribution is 2.36. The first-order valence-electron chi connectivity index (χ1n) is 21.5. The van der Waals surface area contributed by atoms with Crippen LogP contribution in [-0.2, 0) is 42.6 Å². The molecule has 19 N–H and O–H groups in total. The minimum atomic E-state index is -2.11. The van der Waals surface area contributed by atoms with Gasteiger partial charge in [-0.05, 0) is 19.4 Å². The van der Waals surface area contributed by atoms with Gasteiger partial charge in [-0.2, -0.15) is 0 Å². The summed E-state index contributed by atoms with van der Waals surface area (Å²) < 4.78 is 50.9. The summed E-state index contributed by atoms with van der Waals surface area (Å²) in [5.74, 6) is 0. The fourth-order valence-electron chi connectivity index (χ4n) is 9.00. The third kappa shape index (κ3) is 13.0. The van der Waals surface area contributed by atoms with Crippen LogP contribution in [0.25, 0.3) is 0 Å². The van der Waals surface area contributed by atoms with Gasteiger partial charge in [-0.25, -0.2) is 0 Å². The molecular weight excluding hydrogens is 956 g/mol. The van der Waals surface area contributed by atoms with Gasteiger partial charge in [-0.3, -0.25) is 4.70 Å². The number of ether oxygens (including phenoxy) is 9. The van der Waals surface area contributed by atoms with Crippen molar-refractivity contribution in [2.45, 2.75) is 206 Å². The molecule has 0 saturated carbocycles. The molecule has 30 heteroatoms. The third-order valence-electron chi connectivity index (χ3n) is 13.0. The monoisotopic (exact) mass is 1030 g/mol. The minimum Gasteiger partial charge on any atom is -0.394 e. The molecule has 29 atom stereocenters. The van der Waals surface area contributed by atoms with E-state index in [4.69, 9.17) is 42.6 Å². The molecule has 5 aliphatic heterocycles. The van der Waals surface area contributed by atoms with Crippen molar-refractivity contribution in [3.63, 3.8) is 0 Å². The Hall–Kier alpha value is -1.39. The van der Waals surface area contributed by atoms with Crippen LogP contribution in [0.2, 0.25) is 0 Å². The SMILES string of the molecule is C.C.CC1OC(CO)C(OC2OC(CO)C(OC3OC(CO)C(OC4OC(CO)C(OC5OC(C)C(NC6C=C(CO)C(O)C(O)C6O)C(O)C5O)C(O)C4O)C(O)C3O)C(O)C2O)C(O)C1O.F.[2HH].[B]. The summed E-state index contributed by atoms with van der Waals surface area (Å²) in [6.07, 6.45) is -44.9. The van der Waals surface area contributed by atoms with Gasteiger partial charge >= 0.3 is 0 Å². The Morgan fingerprint density at radius 1 is 0.443 bits per heavy atom. The highest BCUT2D eigenvalue weighted by molar-refractivity contribution is 5.75. The van der Waals surface area contributed by atoms with Crippen LogP contribution in [-0.4, -0.2) is 311 Å². The minimum absolute atomic E-state index is 0. The Bertz CT molecular complexity index is 1570. The molecule has 0 aromatic rings. The lowest BCUT2D eigenvalue weighted by Crippen LogP contribution is -2.69. The van der Waals surface area contributed by atoms with Crippen LogP contribution in [0.3, 0.4) is 0 Å². The zero-order chi connectivity index (χ0) is 48.6. The van der Waals surface area contributed by atoms with Crippen molar-refractivity contribution in [3.05, 3.63) is 11.6 Å². The van der Waals surface area contributed by atoms with E-state index in [0.717, 1.165) is 0 Å². The topological polar surface area (TPSA) is 459 Å². The molecule has 5 fully saturated rings. The Kier molecular flexibility index (Phi) is 25.4. The van der Waals surface area contributed by atoms with Crippen molar-refractivity contribution in [2.75, 3.05) is 33.0 Å². The molecule has 0 amide bonds. The van der Waals surface area contributed by atoms with E-state index in [1.54, 1.807) is 0 Å². The fourth-order valence-corrected chi connectivity index (χ4v) is 9.00. The van der Waals surface area contributed by atoms with E-state index in [-0.39, 0.29) is 35.0 Å². The summed E-state index contributed by atoms with van der Waals surface area (Å²) in [6.45, 7) is -1.31. The van der Waals surface area contributed by atoms with Gasteiger partial charge in [0.2, 0.25) is 0 Å². The fraction of sp³-hybridized carbons (Fsp3) is 0.950.